The van der Waals surface area contributed by atoms with Crippen molar-refractivity contribution in [2.45, 2.75) is 24.6 Å². The monoisotopic (exact) mass is 377 g/mol. The van der Waals surface area contributed by atoms with E-state index in [0.717, 1.165) is 5.69 Å². The maximum Gasteiger partial charge on any atom is 0.328 e. The van der Waals surface area contributed by atoms with E-state index < -0.39 is 15.2 Å². The van der Waals surface area contributed by atoms with Gasteiger partial charge >= 0.3 is 10.1 Å². The highest BCUT2D eigenvalue weighted by Gasteiger charge is 2.23. The zero-order chi connectivity index (χ0) is 18.3. The second kappa shape index (κ2) is 6.24. The first-order valence-corrected chi connectivity index (χ1v) is 9.28. The van der Waals surface area contributed by atoms with Crippen molar-refractivity contribution < 1.29 is 21.8 Å². The first-order valence-electron chi connectivity index (χ1n) is 7.84. The van der Waals surface area contributed by atoms with Gasteiger partial charge in [-0.15, -0.1) is 0 Å². The third kappa shape index (κ3) is 3.21. The predicted octanol–water partition coefficient (Wildman–Crippen LogP) is 1.43. The highest BCUT2D eigenvalue weighted by atomic mass is 32.2. The zero-order valence-electron chi connectivity index (χ0n) is 13.5. The number of furan rings is 2. The first-order chi connectivity index (χ1) is 12.4. The van der Waals surface area contributed by atoms with Gasteiger partial charge in [0.05, 0.1) is 24.1 Å². The molecular weight excluding hydrogens is 362 g/mol. The van der Waals surface area contributed by atoms with Crippen LogP contribution < -0.4 is 5.56 Å². The first kappa shape index (κ1) is 16.8. The summed E-state index contributed by atoms with van der Waals surface area (Å²) in [6.07, 6.45) is 2.08. The van der Waals surface area contributed by atoms with Crippen molar-refractivity contribution >= 4 is 10.1 Å². The minimum Gasteiger partial charge on any atom is -0.461 e. The Labute approximate surface area is 148 Å². The topological polar surface area (TPSA) is 130 Å². The average Bonchev–Trinajstić information content (AvgIpc) is 3.26. The molecule has 0 fully saturated rings. The molecule has 0 amide bonds. The Balaban J connectivity index is 1.55. The van der Waals surface area contributed by atoms with Gasteiger partial charge in [0.1, 0.15) is 5.76 Å². The highest BCUT2D eigenvalue weighted by molar-refractivity contribution is 7.85. The number of nitrogens with zero attached hydrogens (tertiary/aromatic N) is 2. The SMILES string of the molecule is O=c1[nH]c(-c2ccco2)nc2c1CN(Cc1ccc(S(=O)(=O)O)o1)CC2. The van der Waals surface area contributed by atoms with Crippen molar-refractivity contribution in [3.63, 3.8) is 0 Å². The summed E-state index contributed by atoms with van der Waals surface area (Å²) in [5.41, 5.74) is 1.05. The summed E-state index contributed by atoms with van der Waals surface area (Å²) in [7, 11) is -4.36. The molecule has 2 N–H and O–H groups in total. The van der Waals surface area contributed by atoms with Crippen LogP contribution in [0.2, 0.25) is 0 Å². The number of aromatic amines is 1. The Morgan fingerprint density at radius 1 is 1.31 bits per heavy atom. The molecule has 0 aliphatic carbocycles. The number of hydrogen-bond donors (Lipinski definition) is 2. The normalized spacial score (nSPS) is 15.1. The van der Waals surface area contributed by atoms with Gasteiger partial charge in [-0.25, -0.2) is 4.98 Å². The van der Waals surface area contributed by atoms with Gasteiger partial charge in [-0.2, -0.15) is 8.42 Å². The van der Waals surface area contributed by atoms with E-state index in [1.165, 1.54) is 18.4 Å². The number of H-pyrrole nitrogens is 1. The van der Waals surface area contributed by atoms with Crippen molar-refractivity contribution in [3.05, 3.63) is 57.9 Å². The van der Waals surface area contributed by atoms with Gasteiger partial charge in [0, 0.05) is 19.5 Å². The highest BCUT2D eigenvalue weighted by Crippen LogP contribution is 2.21. The molecule has 3 aromatic rings. The molecule has 26 heavy (non-hydrogen) atoms. The Bertz CT molecular complexity index is 1100. The summed E-state index contributed by atoms with van der Waals surface area (Å²) in [6.45, 7) is 1.30. The van der Waals surface area contributed by atoms with Crippen LogP contribution in [0, 0.1) is 0 Å². The smallest absolute Gasteiger partial charge is 0.328 e. The number of nitrogens with one attached hydrogen (secondary N) is 1. The van der Waals surface area contributed by atoms with E-state index in [1.807, 2.05) is 4.90 Å². The van der Waals surface area contributed by atoms with Crippen LogP contribution in [0.3, 0.4) is 0 Å². The van der Waals surface area contributed by atoms with Gasteiger partial charge in [0.25, 0.3) is 5.56 Å². The molecule has 3 aromatic heterocycles. The molecule has 10 heteroatoms. The number of rotatable bonds is 4. The van der Waals surface area contributed by atoms with Crippen LogP contribution in [0.15, 0.2) is 49.2 Å². The molecule has 1 aliphatic heterocycles. The van der Waals surface area contributed by atoms with E-state index in [2.05, 4.69) is 9.97 Å². The number of hydrogen-bond acceptors (Lipinski definition) is 7. The molecule has 4 rings (SSSR count). The molecule has 0 saturated carbocycles. The summed E-state index contributed by atoms with van der Waals surface area (Å²) in [5.74, 6) is 1.29. The van der Waals surface area contributed by atoms with E-state index in [-0.39, 0.29) is 5.56 Å². The van der Waals surface area contributed by atoms with E-state index in [9.17, 15) is 13.2 Å². The molecule has 0 bridgehead atoms. The third-order valence-electron chi connectivity index (χ3n) is 4.17. The van der Waals surface area contributed by atoms with Gasteiger partial charge < -0.3 is 13.8 Å². The molecule has 136 valence electrons. The van der Waals surface area contributed by atoms with Crippen LogP contribution in [-0.2, 0) is 29.6 Å². The average molecular weight is 377 g/mol. The summed E-state index contributed by atoms with van der Waals surface area (Å²) < 4.78 is 41.5. The van der Waals surface area contributed by atoms with Crippen molar-refractivity contribution in [3.8, 4) is 11.6 Å². The molecular formula is C16H15N3O6S. The lowest BCUT2D eigenvalue weighted by Gasteiger charge is -2.26. The molecule has 4 heterocycles. The maximum absolute atomic E-state index is 12.4. The molecule has 0 radical (unpaired) electrons. The second-order valence-corrected chi connectivity index (χ2v) is 7.33. The van der Waals surface area contributed by atoms with Crippen molar-refractivity contribution in [1.29, 1.82) is 0 Å². The van der Waals surface area contributed by atoms with Crippen molar-refractivity contribution in [2.75, 3.05) is 6.54 Å². The van der Waals surface area contributed by atoms with E-state index in [0.29, 0.717) is 49.0 Å². The number of fused-ring (bicyclic) bond motifs is 1. The minimum atomic E-state index is -4.36. The molecule has 0 unspecified atom stereocenters. The Hall–Kier alpha value is -2.69. The number of aromatic nitrogens is 2. The fourth-order valence-electron chi connectivity index (χ4n) is 2.95. The Morgan fingerprint density at radius 3 is 2.85 bits per heavy atom. The van der Waals surface area contributed by atoms with Crippen LogP contribution in [0.5, 0.6) is 0 Å². The van der Waals surface area contributed by atoms with E-state index in [1.54, 1.807) is 12.1 Å². The third-order valence-corrected chi connectivity index (χ3v) is 4.90. The van der Waals surface area contributed by atoms with Crippen LogP contribution in [0.25, 0.3) is 11.6 Å². The minimum absolute atomic E-state index is 0.232. The Kier molecular flexibility index (Phi) is 4.02. The zero-order valence-corrected chi connectivity index (χ0v) is 14.3. The van der Waals surface area contributed by atoms with Crippen LogP contribution in [-0.4, -0.2) is 34.4 Å². The summed E-state index contributed by atoms with van der Waals surface area (Å²) >= 11 is 0. The lowest BCUT2D eigenvalue weighted by Crippen LogP contribution is -2.35. The van der Waals surface area contributed by atoms with Crippen LogP contribution in [0.1, 0.15) is 17.0 Å². The molecule has 0 spiro atoms. The fourth-order valence-corrected chi connectivity index (χ4v) is 3.40. The second-order valence-electron chi connectivity index (χ2n) is 5.97. The van der Waals surface area contributed by atoms with Crippen LogP contribution >= 0.6 is 0 Å². The van der Waals surface area contributed by atoms with Gasteiger partial charge in [-0.05, 0) is 24.3 Å². The van der Waals surface area contributed by atoms with Gasteiger partial charge in [0.15, 0.2) is 11.6 Å². The molecule has 0 atom stereocenters. The molecule has 0 aromatic carbocycles. The lowest BCUT2D eigenvalue weighted by atomic mass is 10.1. The van der Waals surface area contributed by atoms with Crippen molar-refractivity contribution in [2.24, 2.45) is 0 Å². The van der Waals surface area contributed by atoms with Gasteiger partial charge in [-0.1, -0.05) is 0 Å². The molecule has 1 aliphatic rings. The lowest BCUT2D eigenvalue weighted by molar-refractivity contribution is 0.215. The largest absolute Gasteiger partial charge is 0.461 e. The molecule has 9 nitrogen and oxygen atoms in total. The summed E-state index contributed by atoms with van der Waals surface area (Å²) in [6, 6.07) is 6.14. The van der Waals surface area contributed by atoms with Crippen LogP contribution in [0.4, 0.5) is 0 Å². The predicted molar refractivity (Wildman–Crippen MR) is 88.9 cm³/mol. The quantitative estimate of drug-likeness (QED) is 0.653. The van der Waals surface area contributed by atoms with Gasteiger partial charge in [0.2, 0.25) is 5.09 Å². The summed E-state index contributed by atoms with van der Waals surface area (Å²) in [4.78, 5) is 21.6. The fraction of sp³-hybridized carbons (Fsp3) is 0.250. The van der Waals surface area contributed by atoms with E-state index in [4.69, 9.17) is 13.4 Å². The maximum atomic E-state index is 12.4. The summed E-state index contributed by atoms with van der Waals surface area (Å²) in [5, 5.41) is -0.493. The van der Waals surface area contributed by atoms with Gasteiger partial charge in [-0.3, -0.25) is 14.2 Å². The standard InChI is InChI=1S/C16H15N3O6S/c20-16-11-9-19(8-10-3-4-14(25-10)26(21,22)23)6-5-12(11)17-15(18-16)13-2-1-7-24-13/h1-4,7H,5-6,8-9H2,(H,17,18,20)(H,21,22,23). The van der Waals surface area contributed by atoms with Crippen molar-refractivity contribution in [1.82, 2.24) is 14.9 Å². The van der Waals surface area contributed by atoms with E-state index >= 15 is 0 Å². The Morgan fingerprint density at radius 2 is 2.15 bits per heavy atom. The molecule has 0 saturated heterocycles.